The number of Topliss-reactive ketones (excluding diaryl/α,β-unsaturated/α-hetero) is 2. The summed E-state index contributed by atoms with van der Waals surface area (Å²) >= 11 is 0. The summed E-state index contributed by atoms with van der Waals surface area (Å²) in [4.78, 5) is 37.5. The SMILES string of the molecule is CC1=C2O[C@@]3(C[C@]2(C)C(C)=C(C(=O)[O-])C1=O)[C@@H](C)CC[C@H]1C(C)(C)C(=O)CC[C@@]13C. The van der Waals surface area contributed by atoms with Gasteiger partial charge in [-0.15, -0.1) is 0 Å². The zero-order chi connectivity index (χ0) is 22.4. The first-order valence-electron chi connectivity index (χ1n) is 11.1. The van der Waals surface area contributed by atoms with E-state index in [0.717, 1.165) is 19.3 Å². The second-order valence-electron chi connectivity index (χ2n) is 11.2. The van der Waals surface area contributed by atoms with E-state index in [1.807, 2.05) is 6.92 Å². The van der Waals surface area contributed by atoms with Crippen molar-refractivity contribution in [3.05, 3.63) is 22.5 Å². The molecule has 3 aliphatic carbocycles. The largest absolute Gasteiger partial charge is 0.545 e. The summed E-state index contributed by atoms with van der Waals surface area (Å²) in [7, 11) is 0. The molecule has 0 unspecified atom stereocenters. The van der Waals surface area contributed by atoms with Crippen molar-refractivity contribution < 1.29 is 24.2 Å². The number of ketones is 2. The summed E-state index contributed by atoms with van der Waals surface area (Å²) in [5, 5.41) is 11.8. The molecule has 0 aromatic heterocycles. The Kier molecular flexibility index (Phi) is 4.32. The fraction of sp³-hybridized carbons (Fsp3) is 0.720. The lowest BCUT2D eigenvalue weighted by Crippen LogP contribution is -2.64. The summed E-state index contributed by atoms with van der Waals surface area (Å²) in [6, 6.07) is 0. The van der Waals surface area contributed by atoms with Gasteiger partial charge in [-0.2, -0.15) is 0 Å². The van der Waals surface area contributed by atoms with Gasteiger partial charge in [0, 0.05) is 34.8 Å². The van der Waals surface area contributed by atoms with E-state index in [1.165, 1.54) is 0 Å². The van der Waals surface area contributed by atoms with Crippen LogP contribution in [0.1, 0.15) is 80.6 Å². The zero-order valence-corrected chi connectivity index (χ0v) is 19.2. The average molecular weight is 414 g/mol. The topological polar surface area (TPSA) is 83.5 Å². The molecule has 5 nitrogen and oxygen atoms in total. The minimum atomic E-state index is -1.41. The molecule has 30 heavy (non-hydrogen) atoms. The van der Waals surface area contributed by atoms with Gasteiger partial charge in [-0.1, -0.05) is 27.7 Å². The quantitative estimate of drug-likeness (QED) is 0.614. The predicted octanol–water partition coefficient (Wildman–Crippen LogP) is 3.52. The molecule has 2 saturated carbocycles. The van der Waals surface area contributed by atoms with Gasteiger partial charge in [0.05, 0.1) is 11.4 Å². The lowest BCUT2D eigenvalue weighted by molar-refractivity contribution is -0.298. The number of rotatable bonds is 1. The lowest BCUT2D eigenvalue weighted by Gasteiger charge is -2.62. The molecule has 0 bridgehead atoms. The Morgan fingerprint density at radius 2 is 1.73 bits per heavy atom. The summed E-state index contributed by atoms with van der Waals surface area (Å²) in [5.41, 5.74) is -1.15. The Hall–Kier alpha value is -1.91. The van der Waals surface area contributed by atoms with Gasteiger partial charge in [0.1, 0.15) is 17.1 Å². The van der Waals surface area contributed by atoms with Gasteiger partial charge in [-0.05, 0) is 57.4 Å². The van der Waals surface area contributed by atoms with Gasteiger partial charge in [0.25, 0.3) is 0 Å². The first kappa shape index (κ1) is 21.3. The third-order valence-corrected chi connectivity index (χ3v) is 9.60. The van der Waals surface area contributed by atoms with Crippen molar-refractivity contribution in [1.82, 2.24) is 0 Å². The Bertz CT molecular complexity index is 937. The van der Waals surface area contributed by atoms with Crippen molar-refractivity contribution in [2.45, 2.75) is 86.2 Å². The molecule has 0 aromatic rings. The normalized spacial score (nSPS) is 42.9. The van der Waals surface area contributed by atoms with Crippen LogP contribution < -0.4 is 5.11 Å². The second-order valence-corrected chi connectivity index (χ2v) is 11.2. The number of carbonyl (C=O) groups excluding carboxylic acids is 3. The van der Waals surface area contributed by atoms with Gasteiger partial charge in [0.15, 0.2) is 5.78 Å². The molecule has 0 amide bonds. The third-order valence-electron chi connectivity index (χ3n) is 9.60. The van der Waals surface area contributed by atoms with E-state index in [1.54, 1.807) is 13.8 Å². The molecular weight excluding hydrogens is 380 g/mol. The molecule has 5 atom stereocenters. The molecular formula is C25H33O5-. The van der Waals surface area contributed by atoms with E-state index in [4.69, 9.17) is 4.74 Å². The van der Waals surface area contributed by atoms with Crippen LogP contribution in [0.25, 0.3) is 0 Å². The number of fused-ring (bicyclic) bond motifs is 3. The van der Waals surface area contributed by atoms with Crippen molar-refractivity contribution >= 4 is 17.5 Å². The highest BCUT2D eigenvalue weighted by Gasteiger charge is 2.70. The number of hydrogen-bond acceptors (Lipinski definition) is 5. The minimum absolute atomic E-state index is 0.188. The fourth-order valence-corrected chi connectivity index (χ4v) is 7.56. The van der Waals surface area contributed by atoms with Gasteiger partial charge in [-0.3, -0.25) is 9.59 Å². The monoisotopic (exact) mass is 413 g/mol. The molecule has 4 rings (SSSR count). The van der Waals surface area contributed by atoms with Crippen LogP contribution >= 0.6 is 0 Å². The Morgan fingerprint density at radius 1 is 1.10 bits per heavy atom. The van der Waals surface area contributed by atoms with Crippen LogP contribution in [0.4, 0.5) is 0 Å². The van der Waals surface area contributed by atoms with E-state index in [0.29, 0.717) is 35.5 Å². The number of allylic oxidation sites excluding steroid dienone is 2. The smallest absolute Gasteiger partial charge is 0.193 e. The summed E-state index contributed by atoms with van der Waals surface area (Å²) in [6.07, 6.45) is 3.85. The standard InChI is InChI=1S/C25H34O5/c1-13-8-9-16-22(4,5)17(26)10-11-24(16,7)25(13)12-23(6)15(3)18(21(28)29)19(27)14(2)20(23)30-25/h13,16H,8-12H2,1-7H3,(H,28,29)/p-1/t13-,16-,23+,24-,25-/m0/s1. The van der Waals surface area contributed by atoms with Crippen LogP contribution in [-0.4, -0.2) is 23.1 Å². The van der Waals surface area contributed by atoms with E-state index < -0.39 is 28.2 Å². The molecule has 1 aliphatic heterocycles. The number of aliphatic carboxylic acids is 1. The van der Waals surface area contributed by atoms with Crippen LogP contribution in [0.15, 0.2) is 22.5 Å². The molecule has 4 aliphatic rings. The number of hydrogen-bond donors (Lipinski definition) is 0. The van der Waals surface area contributed by atoms with Gasteiger partial charge >= 0.3 is 0 Å². The summed E-state index contributed by atoms with van der Waals surface area (Å²) in [6.45, 7) is 14.0. The van der Waals surface area contributed by atoms with E-state index >= 15 is 0 Å². The van der Waals surface area contributed by atoms with Crippen LogP contribution in [-0.2, 0) is 19.1 Å². The molecule has 1 heterocycles. The van der Waals surface area contributed by atoms with Crippen LogP contribution in [0.5, 0.6) is 0 Å². The maximum atomic E-state index is 12.9. The number of carboxylic acids is 1. The highest BCUT2D eigenvalue weighted by molar-refractivity contribution is 6.24. The number of carboxylic acid groups (broad SMARTS) is 1. The van der Waals surface area contributed by atoms with Gasteiger partial charge in [-0.25, -0.2) is 0 Å². The zero-order valence-electron chi connectivity index (χ0n) is 19.2. The molecule has 0 aromatic carbocycles. The first-order valence-corrected chi connectivity index (χ1v) is 11.1. The van der Waals surface area contributed by atoms with Crippen LogP contribution in [0, 0.1) is 28.1 Å². The van der Waals surface area contributed by atoms with E-state index in [2.05, 4.69) is 27.7 Å². The lowest BCUT2D eigenvalue weighted by atomic mass is 9.43. The minimum Gasteiger partial charge on any atom is -0.545 e. The number of ether oxygens (including phenoxy) is 1. The van der Waals surface area contributed by atoms with Gasteiger partial charge in [0.2, 0.25) is 0 Å². The van der Waals surface area contributed by atoms with E-state index in [-0.39, 0.29) is 22.8 Å². The van der Waals surface area contributed by atoms with Crippen molar-refractivity contribution in [2.24, 2.45) is 28.1 Å². The highest BCUT2D eigenvalue weighted by atomic mass is 16.5. The average Bonchev–Trinajstić information content (AvgIpc) is 2.98. The van der Waals surface area contributed by atoms with Crippen molar-refractivity contribution in [3.63, 3.8) is 0 Å². The second kappa shape index (κ2) is 6.08. The highest BCUT2D eigenvalue weighted by Crippen LogP contribution is 2.70. The summed E-state index contributed by atoms with van der Waals surface area (Å²) in [5.74, 6) is -0.548. The fourth-order valence-electron chi connectivity index (χ4n) is 7.56. The first-order chi connectivity index (χ1) is 13.7. The molecule has 1 saturated heterocycles. The van der Waals surface area contributed by atoms with Crippen molar-refractivity contribution in [1.29, 1.82) is 0 Å². The van der Waals surface area contributed by atoms with Crippen molar-refractivity contribution in [2.75, 3.05) is 0 Å². The molecule has 164 valence electrons. The van der Waals surface area contributed by atoms with Crippen molar-refractivity contribution in [3.8, 4) is 0 Å². The Balaban J connectivity index is 1.92. The maximum Gasteiger partial charge on any atom is 0.193 e. The van der Waals surface area contributed by atoms with Crippen LogP contribution in [0.3, 0.4) is 0 Å². The number of carbonyl (C=O) groups is 3. The van der Waals surface area contributed by atoms with E-state index in [9.17, 15) is 19.5 Å². The molecule has 3 fully saturated rings. The maximum absolute atomic E-state index is 12.9. The molecule has 0 N–H and O–H groups in total. The third kappa shape index (κ3) is 2.27. The molecule has 1 spiro atoms. The Morgan fingerprint density at radius 3 is 2.33 bits per heavy atom. The van der Waals surface area contributed by atoms with Gasteiger partial charge < -0.3 is 14.6 Å². The Labute approximate surface area is 178 Å². The summed E-state index contributed by atoms with van der Waals surface area (Å²) < 4.78 is 6.89. The molecule has 0 radical (unpaired) electrons. The van der Waals surface area contributed by atoms with Crippen LogP contribution in [0.2, 0.25) is 0 Å². The molecule has 5 heteroatoms. The predicted molar refractivity (Wildman–Crippen MR) is 110 cm³/mol.